The third kappa shape index (κ3) is 3.26. The Kier molecular flexibility index (Phi) is 4.89. The van der Waals surface area contributed by atoms with Crippen LogP contribution in [0.2, 0.25) is 0 Å². The number of alkyl halides is 2. The molecule has 0 amide bonds. The number of hydrogen-bond donors (Lipinski definition) is 1. The Bertz CT molecular complexity index is 1110. The van der Waals surface area contributed by atoms with E-state index in [1.54, 1.807) is 12.1 Å². The molecule has 154 valence electrons. The van der Waals surface area contributed by atoms with Crippen molar-refractivity contribution in [3.05, 3.63) is 99.7 Å². The molecule has 9 heteroatoms. The largest absolute Gasteiger partial charge is 0.364 e. The van der Waals surface area contributed by atoms with Gasteiger partial charge in [-0.3, -0.25) is 9.36 Å². The van der Waals surface area contributed by atoms with Crippen LogP contribution in [0.1, 0.15) is 30.2 Å². The van der Waals surface area contributed by atoms with Gasteiger partial charge in [0.1, 0.15) is 17.2 Å². The summed E-state index contributed by atoms with van der Waals surface area (Å²) in [5.74, 6) is -0.830. The average Bonchev–Trinajstić information content (AvgIpc) is 3.07. The molecule has 1 aromatic carbocycles. The van der Waals surface area contributed by atoms with Crippen molar-refractivity contribution in [3.63, 3.8) is 0 Å². The van der Waals surface area contributed by atoms with Gasteiger partial charge >= 0.3 is 6.55 Å². The fraction of sp³-hybridized carbons (Fsp3) is 0.190. The molecular formula is C21H16F4N4O. The first kappa shape index (κ1) is 19.8. The molecule has 0 spiro atoms. The second-order valence-electron chi connectivity index (χ2n) is 6.91. The highest BCUT2D eigenvalue weighted by molar-refractivity contribution is 6.00. The molecule has 0 bridgehead atoms. The molecule has 30 heavy (non-hydrogen) atoms. The van der Waals surface area contributed by atoms with E-state index in [1.165, 1.54) is 36.5 Å². The number of pyridine rings is 2. The zero-order valence-electron chi connectivity index (χ0n) is 15.7. The molecule has 2 atom stereocenters. The van der Waals surface area contributed by atoms with Crippen LogP contribution in [0.25, 0.3) is 0 Å². The summed E-state index contributed by atoms with van der Waals surface area (Å²) in [6, 6.07) is 10.4. The van der Waals surface area contributed by atoms with Crippen molar-refractivity contribution in [3.8, 4) is 0 Å². The molecule has 3 heterocycles. The Morgan fingerprint density at radius 2 is 1.73 bits per heavy atom. The summed E-state index contributed by atoms with van der Waals surface area (Å²) in [6.45, 7) is -1.19. The van der Waals surface area contributed by atoms with Crippen molar-refractivity contribution in [1.29, 1.82) is 0 Å². The Morgan fingerprint density at radius 3 is 2.37 bits per heavy atom. The van der Waals surface area contributed by atoms with Crippen LogP contribution in [0.15, 0.2) is 70.7 Å². The van der Waals surface area contributed by atoms with Gasteiger partial charge < -0.3 is 5.32 Å². The summed E-state index contributed by atoms with van der Waals surface area (Å²) < 4.78 is 53.6. The number of benzene rings is 1. The lowest BCUT2D eigenvalue weighted by molar-refractivity contribution is 0.0663. The summed E-state index contributed by atoms with van der Waals surface area (Å²) in [6.07, 6.45) is 2.36. The number of aliphatic imine (C=N–C) groups is 1. The van der Waals surface area contributed by atoms with Gasteiger partial charge in [-0.2, -0.15) is 13.2 Å². The Labute approximate surface area is 168 Å². The van der Waals surface area contributed by atoms with Gasteiger partial charge in [0, 0.05) is 29.6 Å². The zero-order chi connectivity index (χ0) is 21.5. The highest BCUT2D eigenvalue weighted by atomic mass is 19.3. The van der Waals surface area contributed by atoms with Gasteiger partial charge in [0.2, 0.25) is 5.95 Å². The maximum Gasteiger partial charge on any atom is 0.321 e. The molecule has 0 fully saturated rings. The maximum atomic E-state index is 13.5. The second-order valence-corrected chi connectivity index (χ2v) is 6.91. The van der Waals surface area contributed by atoms with Gasteiger partial charge in [-0.25, -0.2) is 14.4 Å². The van der Waals surface area contributed by atoms with Crippen molar-refractivity contribution in [2.45, 2.75) is 25.1 Å². The summed E-state index contributed by atoms with van der Waals surface area (Å²) in [5, 5.41) is 3.15. The van der Waals surface area contributed by atoms with E-state index in [-0.39, 0.29) is 11.4 Å². The maximum absolute atomic E-state index is 13.5. The summed E-state index contributed by atoms with van der Waals surface area (Å²) >= 11 is 0. The molecule has 0 saturated carbocycles. The monoisotopic (exact) mass is 416 g/mol. The van der Waals surface area contributed by atoms with E-state index < -0.39 is 35.5 Å². The molecule has 1 aliphatic heterocycles. The zero-order valence-corrected chi connectivity index (χ0v) is 15.7. The molecule has 2 aromatic heterocycles. The van der Waals surface area contributed by atoms with Crippen molar-refractivity contribution in [2.75, 3.05) is 0 Å². The molecule has 0 aliphatic carbocycles. The Balaban J connectivity index is 1.91. The standard InChI is InChI=1S/C21H16F4N4O/c1-12-21(14-3-6-16(22)7-4-14,15-5-8-17(23)26-10-15)28-19(27-12)13-2-9-18(30)29(11-13)20(24)25/h2-12,20H,1H3,(H,27,28)/t12-,21?/m0/s1. The molecule has 0 saturated heterocycles. The van der Waals surface area contributed by atoms with E-state index >= 15 is 0 Å². The van der Waals surface area contributed by atoms with E-state index in [9.17, 15) is 22.4 Å². The highest BCUT2D eigenvalue weighted by Gasteiger charge is 2.45. The molecule has 1 unspecified atom stereocenters. The third-order valence-electron chi connectivity index (χ3n) is 5.14. The highest BCUT2D eigenvalue weighted by Crippen LogP contribution is 2.40. The first-order chi connectivity index (χ1) is 14.3. The number of nitrogens with zero attached hydrogens (tertiary/aromatic N) is 3. The number of halogens is 4. The first-order valence-corrected chi connectivity index (χ1v) is 9.06. The molecule has 1 N–H and O–H groups in total. The quantitative estimate of drug-likeness (QED) is 0.522. The van der Waals surface area contributed by atoms with Gasteiger partial charge in [0.15, 0.2) is 0 Å². The summed E-state index contributed by atoms with van der Waals surface area (Å²) in [5.41, 5.74) is -0.536. The van der Waals surface area contributed by atoms with Crippen LogP contribution < -0.4 is 10.9 Å². The first-order valence-electron chi connectivity index (χ1n) is 9.06. The van der Waals surface area contributed by atoms with E-state index in [0.29, 0.717) is 15.7 Å². The molecular weight excluding hydrogens is 400 g/mol. The van der Waals surface area contributed by atoms with E-state index in [4.69, 9.17) is 4.99 Å². The number of rotatable bonds is 4. The fourth-order valence-corrected chi connectivity index (χ4v) is 3.66. The van der Waals surface area contributed by atoms with Gasteiger partial charge in [-0.05, 0) is 36.8 Å². The van der Waals surface area contributed by atoms with E-state index in [1.807, 2.05) is 6.92 Å². The number of hydrogen-bond acceptors (Lipinski definition) is 4. The number of nitrogens with one attached hydrogen (secondary N) is 1. The molecule has 4 rings (SSSR count). The Hall–Kier alpha value is -3.49. The van der Waals surface area contributed by atoms with E-state index in [0.717, 1.165) is 12.3 Å². The van der Waals surface area contributed by atoms with Gasteiger partial charge in [0.25, 0.3) is 5.56 Å². The molecule has 3 aromatic rings. The van der Waals surface area contributed by atoms with Crippen LogP contribution in [0.5, 0.6) is 0 Å². The van der Waals surface area contributed by atoms with Crippen LogP contribution in [0.4, 0.5) is 17.6 Å². The van der Waals surface area contributed by atoms with Crippen molar-refractivity contribution < 1.29 is 17.6 Å². The smallest absolute Gasteiger partial charge is 0.321 e. The van der Waals surface area contributed by atoms with Crippen LogP contribution in [0.3, 0.4) is 0 Å². The lowest BCUT2D eigenvalue weighted by Crippen LogP contribution is -2.41. The SMILES string of the molecule is C[C@@H]1NC(c2ccc(=O)n(C(F)F)c2)=NC1(c1ccc(F)cc1)c1ccc(F)nc1. The predicted molar refractivity (Wildman–Crippen MR) is 102 cm³/mol. The minimum absolute atomic E-state index is 0.269. The van der Waals surface area contributed by atoms with E-state index in [2.05, 4.69) is 10.3 Å². The van der Waals surface area contributed by atoms with Crippen LogP contribution in [0, 0.1) is 11.8 Å². The predicted octanol–water partition coefficient (Wildman–Crippen LogP) is 3.60. The number of aromatic nitrogens is 2. The molecule has 0 radical (unpaired) electrons. The lowest BCUT2D eigenvalue weighted by Gasteiger charge is -2.31. The topological polar surface area (TPSA) is 59.3 Å². The second kappa shape index (κ2) is 7.40. The normalized spacial score (nSPS) is 20.9. The van der Waals surface area contributed by atoms with Crippen LogP contribution >= 0.6 is 0 Å². The molecule has 1 aliphatic rings. The van der Waals surface area contributed by atoms with Crippen LogP contribution in [-0.2, 0) is 5.54 Å². The molecule has 5 nitrogen and oxygen atoms in total. The van der Waals surface area contributed by atoms with Crippen molar-refractivity contribution in [2.24, 2.45) is 4.99 Å². The summed E-state index contributed by atoms with van der Waals surface area (Å²) in [4.78, 5) is 20.1. The minimum atomic E-state index is -3.00. The summed E-state index contributed by atoms with van der Waals surface area (Å²) in [7, 11) is 0. The number of amidine groups is 1. The van der Waals surface area contributed by atoms with Gasteiger partial charge in [0.05, 0.1) is 6.04 Å². The average molecular weight is 416 g/mol. The van der Waals surface area contributed by atoms with Gasteiger partial charge in [-0.15, -0.1) is 0 Å². The van der Waals surface area contributed by atoms with Crippen LogP contribution in [-0.4, -0.2) is 21.4 Å². The van der Waals surface area contributed by atoms with Crippen molar-refractivity contribution in [1.82, 2.24) is 14.9 Å². The fourth-order valence-electron chi connectivity index (χ4n) is 3.66. The van der Waals surface area contributed by atoms with Crippen molar-refractivity contribution >= 4 is 5.84 Å². The van der Waals surface area contributed by atoms with Gasteiger partial charge in [-0.1, -0.05) is 18.2 Å². The Morgan fingerprint density at radius 1 is 1.03 bits per heavy atom. The lowest BCUT2D eigenvalue weighted by atomic mass is 9.79. The third-order valence-corrected chi connectivity index (χ3v) is 5.14. The minimum Gasteiger partial charge on any atom is -0.364 e.